The Hall–Kier alpha value is -0.910. The molecule has 0 saturated heterocycles. The largest absolute Gasteiger partial charge is 0.329 e. The van der Waals surface area contributed by atoms with E-state index in [4.69, 9.17) is 5.73 Å². The van der Waals surface area contributed by atoms with Gasteiger partial charge in [-0.1, -0.05) is 32.9 Å². The molecular formula is C13H22N2O2S. The van der Waals surface area contributed by atoms with Crippen LogP contribution in [0.2, 0.25) is 0 Å². The number of rotatable bonds is 4. The normalized spacial score (nSPS) is 14.5. The first-order chi connectivity index (χ1) is 8.16. The molecule has 1 aromatic carbocycles. The highest BCUT2D eigenvalue weighted by molar-refractivity contribution is 7.89. The van der Waals surface area contributed by atoms with Crippen molar-refractivity contribution in [2.24, 2.45) is 5.73 Å². The van der Waals surface area contributed by atoms with Gasteiger partial charge in [-0.2, -0.15) is 0 Å². The minimum atomic E-state index is -3.46. The predicted molar refractivity (Wildman–Crippen MR) is 74.0 cm³/mol. The van der Waals surface area contributed by atoms with Crippen LogP contribution in [0.25, 0.3) is 0 Å². The molecule has 0 aliphatic heterocycles. The molecular weight excluding hydrogens is 248 g/mol. The van der Waals surface area contributed by atoms with Gasteiger partial charge in [-0.25, -0.2) is 13.1 Å². The summed E-state index contributed by atoms with van der Waals surface area (Å²) in [5.74, 6) is 0. The molecule has 0 aromatic heterocycles. The molecule has 1 rings (SSSR count). The quantitative estimate of drug-likeness (QED) is 0.873. The molecule has 0 aliphatic carbocycles. The number of hydrogen-bond acceptors (Lipinski definition) is 3. The third-order valence-electron chi connectivity index (χ3n) is 2.74. The number of hydrogen-bond donors (Lipinski definition) is 2. The van der Waals surface area contributed by atoms with E-state index in [2.05, 4.69) is 25.5 Å². The Morgan fingerprint density at radius 3 is 2.11 bits per heavy atom. The van der Waals surface area contributed by atoms with Crippen LogP contribution in [0, 0.1) is 0 Å². The highest BCUT2D eigenvalue weighted by Crippen LogP contribution is 2.23. The third kappa shape index (κ3) is 3.80. The van der Waals surface area contributed by atoms with Crippen LogP contribution in [-0.4, -0.2) is 21.0 Å². The zero-order valence-electron chi connectivity index (χ0n) is 11.4. The van der Waals surface area contributed by atoms with Crippen molar-refractivity contribution < 1.29 is 8.42 Å². The SMILES string of the molecule is C[C@H](CN)NS(=O)(=O)c1ccc(C(C)(C)C)cc1. The number of nitrogens with one attached hydrogen (secondary N) is 1. The molecule has 3 N–H and O–H groups in total. The van der Waals surface area contributed by atoms with Crippen molar-refractivity contribution in [1.29, 1.82) is 0 Å². The zero-order chi connectivity index (χ0) is 14.0. The summed E-state index contributed by atoms with van der Waals surface area (Å²) in [4.78, 5) is 0.274. The average molecular weight is 270 g/mol. The lowest BCUT2D eigenvalue weighted by Crippen LogP contribution is -2.37. The van der Waals surface area contributed by atoms with Crippen molar-refractivity contribution in [3.05, 3.63) is 29.8 Å². The van der Waals surface area contributed by atoms with E-state index < -0.39 is 10.0 Å². The first-order valence-corrected chi connectivity index (χ1v) is 7.48. The second kappa shape index (κ2) is 5.38. The summed E-state index contributed by atoms with van der Waals surface area (Å²) in [5.41, 5.74) is 6.53. The monoisotopic (exact) mass is 270 g/mol. The molecule has 102 valence electrons. The molecule has 1 aromatic rings. The van der Waals surface area contributed by atoms with Crippen LogP contribution in [0.1, 0.15) is 33.3 Å². The first kappa shape index (κ1) is 15.1. The summed E-state index contributed by atoms with van der Waals surface area (Å²) in [7, 11) is -3.46. The fraction of sp³-hybridized carbons (Fsp3) is 0.538. The zero-order valence-corrected chi connectivity index (χ0v) is 12.2. The smallest absolute Gasteiger partial charge is 0.240 e. The molecule has 5 heteroatoms. The Kier molecular flexibility index (Phi) is 4.53. The highest BCUT2D eigenvalue weighted by atomic mass is 32.2. The maximum absolute atomic E-state index is 12.0. The van der Waals surface area contributed by atoms with Crippen molar-refractivity contribution >= 4 is 10.0 Å². The van der Waals surface area contributed by atoms with Gasteiger partial charge in [0.2, 0.25) is 10.0 Å². The topological polar surface area (TPSA) is 72.2 Å². The first-order valence-electron chi connectivity index (χ1n) is 6.00. The Morgan fingerprint density at radius 1 is 1.22 bits per heavy atom. The number of sulfonamides is 1. The van der Waals surface area contributed by atoms with Gasteiger partial charge in [0.05, 0.1) is 4.90 Å². The van der Waals surface area contributed by atoms with Gasteiger partial charge >= 0.3 is 0 Å². The number of nitrogens with two attached hydrogens (primary N) is 1. The standard InChI is InChI=1S/C13H22N2O2S/c1-10(9-14)15-18(16,17)12-7-5-11(6-8-12)13(2,3)4/h5-8,10,15H,9,14H2,1-4H3/t10-/m1/s1. The van der Waals surface area contributed by atoms with Crippen LogP contribution in [0.4, 0.5) is 0 Å². The van der Waals surface area contributed by atoms with Gasteiger partial charge in [0.15, 0.2) is 0 Å². The van der Waals surface area contributed by atoms with Gasteiger partial charge in [-0.3, -0.25) is 0 Å². The van der Waals surface area contributed by atoms with Crippen LogP contribution in [0.15, 0.2) is 29.2 Å². The summed E-state index contributed by atoms with van der Waals surface area (Å²) >= 11 is 0. The second-order valence-corrected chi connectivity index (χ2v) is 7.25. The lowest BCUT2D eigenvalue weighted by molar-refractivity contribution is 0.561. The number of benzene rings is 1. The Morgan fingerprint density at radius 2 is 1.72 bits per heavy atom. The molecule has 0 radical (unpaired) electrons. The summed E-state index contributed by atoms with van der Waals surface area (Å²) in [6, 6.07) is 6.69. The minimum Gasteiger partial charge on any atom is -0.329 e. The van der Waals surface area contributed by atoms with Crippen molar-refractivity contribution in [1.82, 2.24) is 4.72 Å². The second-order valence-electron chi connectivity index (χ2n) is 5.53. The fourth-order valence-electron chi connectivity index (χ4n) is 1.52. The van der Waals surface area contributed by atoms with E-state index in [0.717, 1.165) is 5.56 Å². The van der Waals surface area contributed by atoms with Crippen molar-refractivity contribution in [3.8, 4) is 0 Å². The van der Waals surface area contributed by atoms with E-state index in [-0.39, 0.29) is 22.9 Å². The van der Waals surface area contributed by atoms with Crippen LogP contribution in [-0.2, 0) is 15.4 Å². The van der Waals surface area contributed by atoms with E-state index >= 15 is 0 Å². The van der Waals surface area contributed by atoms with Gasteiger partial charge in [0, 0.05) is 12.6 Å². The molecule has 0 heterocycles. The van der Waals surface area contributed by atoms with Crippen LogP contribution < -0.4 is 10.5 Å². The molecule has 0 bridgehead atoms. The van der Waals surface area contributed by atoms with Gasteiger partial charge in [0.1, 0.15) is 0 Å². The van der Waals surface area contributed by atoms with E-state index in [0.29, 0.717) is 0 Å². The Bertz CT molecular complexity index is 487. The molecule has 0 fully saturated rings. The summed E-state index contributed by atoms with van der Waals surface area (Å²) in [5, 5.41) is 0. The van der Waals surface area contributed by atoms with E-state index in [1.165, 1.54) is 0 Å². The van der Waals surface area contributed by atoms with Gasteiger partial charge < -0.3 is 5.73 Å². The van der Waals surface area contributed by atoms with Crippen molar-refractivity contribution in [2.45, 2.75) is 44.0 Å². The maximum Gasteiger partial charge on any atom is 0.240 e. The molecule has 0 saturated carbocycles. The fourth-order valence-corrected chi connectivity index (χ4v) is 2.77. The molecule has 18 heavy (non-hydrogen) atoms. The maximum atomic E-state index is 12.0. The lowest BCUT2D eigenvalue weighted by Gasteiger charge is -2.19. The molecule has 4 nitrogen and oxygen atoms in total. The molecule has 0 spiro atoms. The molecule has 0 unspecified atom stereocenters. The average Bonchev–Trinajstić information content (AvgIpc) is 2.27. The van der Waals surface area contributed by atoms with Gasteiger partial charge in [0.25, 0.3) is 0 Å². The third-order valence-corrected chi connectivity index (χ3v) is 4.35. The van der Waals surface area contributed by atoms with Crippen LogP contribution >= 0.6 is 0 Å². The Labute approximate surface area is 110 Å². The van der Waals surface area contributed by atoms with E-state index in [1.54, 1.807) is 19.1 Å². The van der Waals surface area contributed by atoms with E-state index in [9.17, 15) is 8.42 Å². The lowest BCUT2D eigenvalue weighted by atomic mass is 9.87. The predicted octanol–water partition coefficient (Wildman–Crippen LogP) is 1.61. The van der Waals surface area contributed by atoms with Gasteiger partial charge in [-0.15, -0.1) is 0 Å². The van der Waals surface area contributed by atoms with E-state index in [1.807, 2.05) is 12.1 Å². The summed E-state index contributed by atoms with van der Waals surface area (Å²) < 4.78 is 26.5. The Balaban J connectivity index is 2.98. The summed E-state index contributed by atoms with van der Waals surface area (Å²) in [6.07, 6.45) is 0. The van der Waals surface area contributed by atoms with Crippen LogP contribution in [0.5, 0.6) is 0 Å². The van der Waals surface area contributed by atoms with Crippen LogP contribution in [0.3, 0.4) is 0 Å². The summed E-state index contributed by atoms with van der Waals surface area (Å²) in [6.45, 7) is 8.28. The highest BCUT2D eigenvalue weighted by Gasteiger charge is 2.18. The van der Waals surface area contributed by atoms with Gasteiger partial charge in [-0.05, 0) is 30.0 Å². The van der Waals surface area contributed by atoms with Crippen molar-refractivity contribution in [3.63, 3.8) is 0 Å². The minimum absolute atomic E-state index is 0.0142. The molecule has 0 aliphatic rings. The molecule has 1 atom stereocenters. The van der Waals surface area contributed by atoms with Crippen molar-refractivity contribution in [2.75, 3.05) is 6.54 Å². The molecule has 0 amide bonds.